The van der Waals surface area contributed by atoms with Gasteiger partial charge in [0.1, 0.15) is 18.3 Å². The molecule has 2 aliphatic rings. The van der Waals surface area contributed by atoms with Gasteiger partial charge in [-0.25, -0.2) is 9.59 Å². The third-order valence-corrected chi connectivity index (χ3v) is 5.09. The van der Waals surface area contributed by atoms with Gasteiger partial charge in [0.25, 0.3) is 0 Å². The van der Waals surface area contributed by atoms with Crippen LogP contribution in [0.4, 0.5) is 0 Å². The molecule has 0 spiro atoms. The van der Waals surface area contributed by atoms with Crippen molar-refractivity contribution in [3.05, 3.63) is 47.1 Å². The minimum absolute atomic E-state index is 0.234. The molecule has 0 unspecified atom stereocenters. The molecule has 1 N–H and O–H groups in total. The van der Waals surface area contributed by atoms with Crippen LogP contribution in [0.3, 0.4) is 0 Å². The van der Waals surface area contributed by atoms with Crippen LogP contribution in [-0.2, 0) is 28.6 Å². The molecule has 29 heavy (non-hydrogen) atoms. The maximum Gasteiger partial charge on any atom is 0.334 e. The van der Waals surface area contributed by atoms with Crippen molar-refractivity contribution < 1.29 is 33.7 Å². The third kappa shape index (κ3) is 5.67. The monoisotopic (exact) mass is 404 g/mol. The zero-order valence-electron chi connectivity index (χ0n) is 17.3. The van der Waals surface area contributed by atoms with Crippen molar-refractivity contribution in [2.45, 2.75) is 58.8 Å². The standard InChI is InChI=1S/C22H28O7/c1-12-6-7-17(27-16(5)24)14(3)11-19-20(15(4)22(26)29-19)18(10-12)28-21(25)13(2)8-9-23/h6,8,11,17-20,23H,4,7,9-10H2,1-3,5H3/t17-,18-,19-,20-/m1/s1. The number of ether oxygens (including phenoxy) is 3. The van der Waals surface area contributed by atoms with E-state index in [0.717, 1.165) is 11.1 Å². The zero-order valence-corrected chi connectivity index (χ0v) is 17.3. The van der Waals surface area contributed by atoms with E-state index in [-0.39, 0.29) is 17.8 Å². The summed E-state index contributed by atoms with van der Waals surface area (Å²) in [7, 11) is 0. The number of aliphatic hydroxyl groups excluding tert-OH is 1. The highest BCUT2D eigenvalue weighted by Crippen LogP contribution is 2.36. The van der Waals surface area contributed by atoms with Gasteiger partial charge < -0.3 is 19.3 Å². The third-order valence-electron chi connectivity index (χ3n) is 5.09. The van der Waals surface area contributed by atoms with Crippen LogP contribution >= 0.6 is 0 Å². The Bertz CT molecular complexity index is 787. The van der Waals surface area contributed by atoms with E-state index < -0.39 is 42.1 Å². The van der Waals surface area contributed by atoms with Crippen molar-refractivity contribution in [2.24, 2.45) is 5.92 Å². The van der Waals surface area contributed by atoms with Gasteiger partial charge in [0.2, 0.25) is 0 Å². The Kier molecular flexibility index (Phi) is 7.56. The number of aliphatic hydroxyl groups is 1. The van der Waals surface area contributed by atoms with Gasteiger partial charge in [-0.2, -0.15) is 0 Å². The maximum atomic E-state index is 12.4. The topological polar surface area (TPSA) is 99.1 Å². The summed E-state index contributed by atoms with van der Waals surface area (Å²) in [4.78, 5) is 36.1. The molecule has 1 fully saturated rings. The summed E-state index contributed by atoms with van der Waals surface area (Å²) in [5.41, 5.74) is 2.17. The summed E-state index contributed by atoms with van der Waals surface area (Å²) >= 11 is 0. The van der Waals surface area contributed by atoms with E-state index in [4.69, 9.17) is 19.3 Å². The number of hydrogen-bond donors (Lipinski definition) is 1. The first kappa shape index (κ1) is 22.6. The highest BCUT2D eigenvalue weighted by molar-refractivity contribution is 5.92. The summed E-state index contributed by atoms with van der Waals surface area (Å²) in [6.07, 6.45) is 4.05. The number of carbonyl (C=O) groups excluding carboxylic acids is 3. The Balaban J connectivity index is 2.42. The van der Waals surface area contributed by atoms with Crippen molar-refractivity contribution in [3.8, 4) is 0 Å². The number of carbonyl (C=O) groups is 3. The lowest BCUT2D eigenvalue weighted by atomic mass is 9.85. The molecule has 1 heterocycles. The second-order valence-corrected chi connectivity index (χ2v) is 7.43. The first-order valence-corrected chi connectivity index (χ1v) is 9.53. The molecule has 4 atom stereocenters. The summed E-state index contributed by atoms with van der Waals surface area (Å²) in [5, 5.41) is 9.01. The fourth-order valence-corrected chi connectivity index (χ4v) is 3.48. The van der Waals surface area contributed by atoms with Gasteiger partial charge >= 0.3 is 17.9 Å². The van der Waals surface area contributed by atoms with Gasteiger partial charge in [0.15, 0.2) is 0 Å². The zero-order chi connectivity index (χ0) is 21.7. The molecule has 0 aromatic carbocycles. The Labute approximate surface area is 170 Å². The lowest BCUT2D eigenvalue weighted by Crippen LogP contribution is -2.34. The van der Waals surface area contributed by atoms with Crippen LogP contribution in [0, 0.1) is 5.92 Å². The van der Waals surface area contributed by atoms with Gasteiger partial charge in [0, 0.05) is 30.9 Å². The average molecular weight is 404 g/mol. The molecule has 158 valence electrons. The predicted molar refractivity (Wildman–Crippen MR) is 106 cm³/mol. The number of hydrogen-bond acceptors (Lipinski definition) is 7. The Morgan fingerprint density at radius 2 is 2.00 bits per heavy atom. The Morgan fingerprint density at radius 1 is 1.31 bits per heavy atom. The molecular weight excluding hydrogens is 376 g/mol. The van der Waals surface area contributed by atoms with Crippen LogP contribution in [0.5, 0.6) is 0 Å². The second-order valence-electron chi connectivity index (χ2n) is 7.43. The average Bonchev–Trinajstić information content (AvgIpc) is 2.90. The lowest BCUT2D eigenvalue weighted by Gasteiger charge is -2.28. The van der Waals surface area contributed by atoms with Crippen LogP contribution in [-0.4, -0.2) is 47.9 Å². The molecule has 7 heteroatoms. The largest absolute Gasteiger partial charge is 0.458 e. The highest BCUT2D eigenvalue weighted by Gasteiger charge is 2.44. The number of fused-ring (bicyclic) bond motifs is 1. The van der Waals surface area contributed by atoms with E-state index in [2.05, 4.69) is 6.58 Å². The van der Waals surface area contributed by atoms with Gasteiger partial charge in [-0.15, -0.1) is 0 Å². The second kappa shape index (κ2) is 9.69. The summed E-state index contributed by atoms with van der Waals surface area (Å²) in [5.74, 6) is -2.08. The molecule has 0 radical (unpaired) electrons. The van der Waals surface area contributed by atoms with Crippen molar-refractivity contribution >= 4 is 17.9 Å². The maximum absolute atomic E-state index is 12.4. The summed E-state index contributed by atoms with van der Waals surface area (Å²) in [6, 6.07) is 0. The van der Waals surface area contributed by atoms with Crippen LogP contribution in [0.15, 0.2) is 47.1 Å². The molecule has 0 aromatic heterocycles. The lowest BCUT2D eigenvalue weighted by molar-refractivity contribution is -0.148. The molecule has 0 saturated carbocycles. The highest BCUT2D eigenvalue weighted by atomic mass is 16.6. The van der Waals surface area contributed by atoms with Crippen LogP contribution in [0.1, 0.15) is 40.5 Å². The minimum atomic E-state index is -0.682. The molecule has 0 amide bonds. The van der Waals surface area contributed by atoms with E-state index >= 15 is 0 Å². The fraction of sp³-hybridized carbons (Fsp3) is 0.500. The minimum Gasteiger partial charge on any atom is -0.458 e. The van der Waals surface area contributed by atoms with Gasteiger partial charge in [-0.3, -0.25) is 4.79 Å². The van der Waals surface area contributed by atoms with E-state index in [1.54, 1.807) is 19.9 Å². The van der Waals surface area contributed by atoms with E-state index in [9.17, 15) is 14.4 Å². The first-order chi connectivity index (χ1) is 13.6. The molecule has 1 saturated heterocycles. The van der Waals surface area contributed by atoms with Crippen LogP contribution in [0.25, 0.3) is 0 Å². The first-order valence-electron chi connectivity index (χ1n) is 9.53. The van der Waals surface area contributed by atoms with Crippen LogP contribution in [0.2, 0.25) is 0 Å². The SMILES string of the molecule is C=C1C(=O)O[C@@H]2C=C(C)[C@H](OC(C)=O)CC=C(C)C[C@@H](OC(=O)C(C)=CCO)[C@@H]12. The Morgan fingerprint density at radius 3 is 2.62 bits per heavy atom. The van der Waals surface area contributed by atoms with Crippen LogP contribution < -0.4 is 0 Å². The van der Waals surface area contributed by atoms with E-state index in [1.165, 1.54) is 13.0 Å². The number of rotatable bonds is 4. The Hall–Kier alpha value is -2.67. The molecule has 0 aromatic rings. The van der Waals surface area contributed by atoms with Crippen molar-refractivity contribution in [1.82, 2.24) is 0 Å². The van der Waals surface area contributed by atoms with Crippen molar-refractivity contribution in [3.63, 3.8) is 0 Å². The van der Waals surface area contributed by atoms with E-state index in [1.807, 2.05) is 13.0 Å². The molecule has 7 nitrogen and oxygen atoms in total. The molecule has 0 bridgehead atoms. The molecule has 1 aliphatic heterocycles. The normalized spacial score (nSPS) is 28.0. The van der Waals surface area contributed by atoms with Gasteiger partial charge in [-0.1, -0.05) is 18.2 Å². The van der Waals surface area contributed by atoms with Crippen molar-refractivity contribution in [1.29, 1.82) is 0 Å². The van der Waals surface area contributed by atoms with Crippen molar-refractivity contribution in [2.75, 3.05) is 6.61 Å². The summed E-state index contributed by atoms with van der Waals surface area (Å²) < 4.78 is 16.6. The molecular formula is C22H28O7. The quantitative estimate of drug-likeness (QED) is 0.333. The number of esters is 3. The van der Waals surface area contributed by atoms with Gasteiger partial charge in [-0.05, 0) is 38.5 Å². The fourth-order valence-electron chi connectivity index (χ4n) is 3.48. The molecule has 2 rings (SSSR count). The smallest absolute Gasteiger partial charge is 0.334 e. The van der Waals surface area contributed by atoms with Gasteiger partial charge in [0.05, 0.1) is 12.5 Å². The van der Waals surface area contributed by atoms with E-state index in [0.29, 0.717) is 12.8 Å². The summed E-state index contributed by atoms with van der Waals surface area (Å²) in [6.45, 7) is 10.2. The predicted octanol–water partition coefficient (Wildman–Crippen LogP) is 2.55. The molecule has 1 aliphatic carbocycles.